The van der Waals surface area contributed by atoms with Crippen LogP contribution in [-0.2, 0) is 16.0 Å². The second-order valence-electron chi connectivity index (χ2n) is 6.55. The maximum absolute atomic E-state index is 12.8. The van der Waals surface area contributed by atoms with Crippen LogP contribution in [0.3, 0.4) is 0 Å². The van der Waals surface area contributed by atoms with Gasteiger partial charge in [-0.05, 0) is 46.4 Å². The Kier molecular flexibility index (Phi) is 4.47. The molecule has 0 saturated heterocycles. The smallest absolute Gasteiger partial charge is 0.333 e. The quantitative estimate of drug-likeness (QED) is 0.564. The topological polar surface area (TPSA) is 55.4 Å². The number of methoxy groups -OCH3 is 1. The molecule has 0 aliphatic heterocycles. The fraction of sp³-hybridized carbons (Fsp3) is 0.130. The summed E-state index contributed by atoms with van der Waals surface area (Å²) in [5.41, 5.74) is 5.99. The van der Waals surface area contributed by atoms with Gasteiger partial charge >= 0.3 is 5.97 Å². The largest absolute Gasteiger partial charge is 0.467 e. The first-order valence-corrected chi connectivity index (χ1v) is 8.82. The summed E-state index contributed by atoms with van der Waals surface area (Å²) < 4.78 is 4.87. The number of fused-ring (bicyclic) bond motifs is 3. The van der Waals surface area contributed by atoms with Crippen LogP contribution < -0.4 is 5.32 Å². The van der Waals surface area contributed by atoms with Crippen molar-refractivity contribution in [1.82, 2.24) is 5.32 Å². The van der Waals surface area contributed by atoms with Crippen LogP contribution in [0.15, 0.2) is 72.8 Å². The Balaban J connectivity index is 1.60. The van der Waals surface area contributed by atoms with Gasteiger partial charge in [-0.25, -0.2) is 4.79 Å². The first-order chi connectivity index (χ1) is 13.2. The van der Waals surface area contributed by atoms with Crippen molar-refractivity contribution >= 4 is 11.9 Å². The van der Waals surface area contributed by atoms with Crippen molar-refractivity contribution < 1.29 is 14.3 Å². The molecular weight excluding hydrogens is 338 g/mol. The van der Waals surface area contributed by atoms with Crippen molar-refractivity contribution in [2.45, 2.75) is 12.5 Å². The Bertz CT molecular complexity index is 1010. The van der Waals surface area contributed by atoms with Crippen LogP contribution >= 0.6 is 0 Å². The number of benzene rings is 3. The van der Waals surface area contributed by atoms with Crippen LogP contribution in [0.2, 0.25) is 0 Å². The lowest BCUT2D eigenvalue weighted by atomic mass is 10.0. The van der Waals surface area contributed by atoms with E-state index in [4.69, 9.17) is 4.74 Å². The van der Waals surface area contributed by atoms with Crippen molar-refractivity contribution in [3.05, 3.63) is 95.1 Å². The standard InChI is InChI=1S/C23H19NO3/c1-27-23(26)21(15-7-3-2-4-8-15)24-22(25)17-11-12-20-18(14-17)13-16-9-5-6-10-19(16)20/h2-12,14,21H,13H2,1H3,(H,24,25). The van der Waals surface area contributed by atoms with Gasteiger partial charge in [0.2, 0.25) is 0 Å². The van der Waals surface area contributed by atoms with Crippen LogP contribution in [0.5, 0.6) is 0 Å². The van der Waals surface area contributed by atoms with E-state index in [0.717, 1.165) is 17.5 Å². The summed E-state index contributed by atoms with van der Waals surface area (Å²) in [4.78, 5) is 25.0. The highest BCUT2D eigenvalue weighted by atomic mass is 16.5. The molecule has 4 heteroatoms. The molecule has 27 heavy (non-hydrogen) atoms. The molecule has 3 aromatic rings. The summed E-state index contributed by atoms with van der Waals surface area (Å²) >= 11 is 0. The Morgan fingerprint density at radius 1 is 0.889 bits per heavy atom. The first kappa shape index (κ1) is 17.0. The van der Waals surface area contributed by atoms with Crippen LogP contribution in [-0.4, -0.2) is 19.0 Å². The number of nitrogens with one attached hydrogen (secondary N) is 1. The van der Waals surface area contributed by atoms with Crippen LogP contribution in [0, 0.1) is 0 Å². The van der Waals surface area contributed by atoms with Gasteiger partial charge in [0, 0.05) is 5.56 Å². The lowest BCUT2D eigenvalue weighted by Crippen LogP contribution is -2.34. The van der Waals surface area contributed by atoms with Gasteiger partial charge in [-0.3, -0.25) is 4.79 Å². The van der Waals surface area contributed by atoms with E-state index < -0.39 is 12.0 Å². The zero-order chi connectivity index (χ0) is 18.8. The average Bonchev–Trinajstić information content (AvgIpc) is 3.09. The number of amides is 1. The minimum Gasteiger partial charge on any atom is -0.467 e. The molecular formula is C23H19NO3. The van der Waals surface area contributed by atoms with Crippen molar-refractivity contribution in [3.8, 4) is 11.1 Å². The van der Waals surface area contributed by atoms with Gasteiger partial charge in [0.15, 0.2) is 6.04 Å². The van der Waals surface area contributed by atoms with Gasteiger partial charge in [-0.1, -0.05) is 60.7 Å². The number of hydrogen-bond donors (Lipinski definition) is 1. The van der Waals surface area contributed by atoms with Crippen molar-refractivity contribution in [1.29, 1.82) is 0 Å². The zero-order valence-corrected chi connectivity index (χ0v) is 14.9. The average molecular weight is 357 g/mol. The van der Waals surface area contributed by atoms with Gasteiger partial charge in [-0.15, -0.1) is 0 Å². The molecule has 3 aromatic carbocycles. The minimum absolute atomic E-state index is 0.298. The molecule has 0 radical (unpaired) electrons. The second kappa shape index (κ2) is 7.08. The van der Waals surface area contributed by atoms with Crippen molar-refractivity contribution in [2.75, 3.05) is 7.11 Å². The summed E-state index contributed by atoms with van der Waals surface area (Å²) in [6, 6.07) is 22.2. The van der Waals surface area contributed by atoms with Gasteiger partial charge in [0.05, 0.1) is 7.11 Å². The third-order valence-electron chi connectivity index (χ3n) is 4.90. The fourth-order valence-corrected chi connectivity index (χ4v) is 3.54. The van der Waals surface area contributed by atoms with Gasteiger partial charge in [0.25, 0.3) is 5.91 Å². The molecule has 0 fully saturated rings. The second-order valence-corrected chi connectivity index (χ2v) is 6.55. The SMILES string of the molecule is COC(=O)C(NC(=O)c1ccc2c(c1)Cc1ccccc1-2)c1ccccc1. The minimum atomic E-state index is -0.839. The first-order valence-electron chi connectivity index (χ1n) is 8.82. The molecule has 1 aliphatic carbocycles. The van der Waals surface area contributed by atoms with E-state index in [-0.39, 0.29) is 5.91 Å². The summed E-state index contributed by atoms with van der Waals surface area (Å²) in [6.07, 6.45) is 0.811. The molecule has 134 valence electrons. The molecule has 1 atom stereocenters. The number of carbonyl (C=O) groups excluding carboxylic acids is 2. The van der Waals surface area contributed by atoms with E-state index in [0.29, 0.717) is 11.1 Å². The molecule has 1 unspecified atom stereocenters. The highest BCUT2D eigenvalue weighted by Crippen LogP contribution is 2.36. The van der Waals surface area contributed by atoms with E-state index in [9.17, 15) is 9.59 Å². The molecule has 4 nitrogen and oxygen atoms in total. The zero-order valence-electron chi connectivity index (χ0n) is 14.9. The summed E-state index contributed by atoms with van der Waals surface area (Å²) in [6.45, 7) is 0. The van der Waals surface area contributed by atoms with Crippen molar-refractivity contribution in [3.63, 3.8) is 0 Å². The number of carbonyl (C=O) groups is 2. The molecule has 0 bridgehead atoms. The summed E-state index contributed by atoms with van der Waals surface area (Å²) in [5.74, 6) is -0.795. The van der Waals surface area contributed by atoms with E-state index in [1.165, 1.54) is 18.2 Å². The normalized spacial score (nSPS) is 12.6. The number of hydrogen-bond acceptors (Lipinski definition) is 3. The molecule has 1 amide bonds. The van der Waals surface area contributed by atoms with Crippen LogP contribution in [0.1, 0.15) is 33.1 Å². The maximum Gasteiger partial charge on any atom is 0.333 e. The maximum atomic E-state index is 12.8. The predicted octanol–water partition coefficient (Wildman–Crippen LogP) is 3.90. The highest BCUT2D eigenvalue weighted by Gasteiger charge is 2.25. The molecule has 4 rings (SSSR count). The van der Waals surface area contributed by atoms with Crippen LogP contribution in [0.4, 0.5) is 0 Å². The Morgan fingerprint density at radius 3 is 2.37 bits per heavy atom. The van der Waals surface area contributed by atoms with E-state index >= 15 is 0 Å². The van der Waals surface area contributed by atoms with E-state index in [1.807, 2.05) is 42.5 Å². The molecule has 0 heterocycles. The highest BCUT2D eigenvalue weighted by molar-refractivity contribution is 5.98. The third-order valence-corrected chi connectivity index (χ3v) is 4.90. The van der Waals surface area contributed by atoms with Crippen LogP contribution in [0.25, 0.3) is 11.1 Å². The lowest BCUT2D eigenvalue weighted by Gasteiger charge is -2.17. The number of ether oxygens (including phenoxy) is 1. The molecule has 0 saturated carbocycles. The molecule has 1 aliphatic rings. The van der Waals surface area contributed by atoms with E-state index in [2.05, 4.69) is 17.4 Å². The molecule has 0 spiro atoms. The molecule has 1 N–H and O–H groups in total. The number of esters is 1. The van der Waals surface area contributed by atoms with Gasteiger partial charge in [-0.2, -0.15) is 0 Å². The lowest BCUT2D eigenvalue weighted by molar-refractivity contribution is -0.143. The Morgan fingerprint density at radius 2 is 1.59 bits per heavy atom. The van der Waals surface area contributed by atoms with Crippen molar-refractivity contribution in [2.24, 2.45) is 0 Å². The summed E-state index contributed by atoms with van der Waals surface area (Å²) in [7, 11) is 1.32. The Labute approximate surface area is 157 Å². The fourth-order valence-electron chi connectivity index (χ4n) is 3.54. The Hall–Kier alpha value is -3.40. The van der Waals surface area contributed by atoms with Gasteiger partial charge < -0.3 is 10.1 Å². The summed E-state index contributed by atoms with van der Waals surface area (Å²) in [5, 5.41) is 2.80. The van der Waals surface area contributed by atoms with Gasteiger partial charge in [0.1, 0.15) is 0 Å². The monoisotopic (exact) mass is 357 g/mol. The predicted molar refractivity (Wildman–Crippen MR) is 103 cm³/mol. The third kappa shape index (κ3) is 3.22. The number of rotatable bonds is 4. The molecule has 0 aromatic heterocycles. The van der Waals surface area contributed by atoms with E-state index in [1.54, 1.807) is 18.2 Å².